The molecule has 0 aromatic heterocycles. The van der Waals surface area contributed by atoms with Gasteiger partial charge in [0.1, 0.15) is 0 Å². The fourth-order valence-electron chi connectivity index (χ4n) is 3.99. The van der Waals surface area contributed by atoms with Crippen LogP contribution in [-0.4, -0.2) is 65.9 Å². The number of carbonyl (C=O) groups is 2. The number of amides is 2. The maximum Gasteiger partial charge on any atom is 0.237 e. The minimum absolute atomic E-state index is 0.0499. The van der Waals surface area contributed by atoms with Crippen molar-refractivity contribution in [1.82, 2.24) is 20.4 Å². The molecule has 1 unspecified atom stereocenters. The number of piperazine rings is 1. The Hall–Kier alpha value is -1.92. The quantitative estimate of drug-likeness (QED) is 0.759. The average Bonchev–Trinajstić information content (AvgIpc) is 3.20. The highest BCUT2D eigenvalue weighted by atomic mass is 16.2. The molecule has 0 spiro atoms. The average molecular weight is 373 g/mol. The number of hydrogen-bond donors (Lipinski definition) is 2. The Kier molecular flexibility index (Phi) is 6.50. The lowest BCUT2D eigenvalue weighted by Gasteiger charge is -2.37. The van der Waals surface area contributed by atoms with Crippen molar-refractivity contribution in [2.75, 3.05) is 32.7 Å². The van der Waals surface area contributed by atoms with Gasteiger partial charge in [0.25, 0.3) is 0 Å². The number of benzene rings is 1. The largest absolute Gasteiger partial charge is 0.354 e. The zero-order valence-electron chi connectivity index (χ0n) is 16.5. The summed E-state index contributed by atoms with van der Waals surface area (Å²) < 4.78 is 0. The van der Waals surface area contributed by atoms with Crippen LogP contribution >= 0.6 is 0 Å². The fraction of sp³-hybridized carbons (Fsp3) is 0.619. The van der Waals surface area contributed by atoms with Gasteiger partial charge in [-0.3, -0.25) is 19.4 Å². The zero-order valence-corrected chi connectivity index (χ0v) is 16.5. The summed E-state index contributed by atoms with van der Waals surface area (Å²) in [6.45, 7) is 9.23. The second-order valence-electron chi connectivity index (χ2n) is 8.25. The van der Waals surface area contributed by atoms with Gasteiger partial charge in [-0.05, 0) is 45.3 Å². The van der Waals surface area contributed by atoms with Crippen LogP contribution in [-0.2, 0) is 16.1 Å². The smallest absolute Gasteiger partial charge is 0.237 e. The first-order chi connectivity index (χ1) is 13.0. The Bertz CT molecular complexity index is 641. The number of nitrogens with one attached hydrogen (secondary N) is 2. The van der Waals surface area contributed by atoms with Gasteiger partial charge in [-0.15, -0.1) is 0 Å². The molecule has 6 nitrogen and oxygen atoms in total. The van der Waals surface area contributed by atoms with Crippen molar-refractivity contribution in [2.45, 2.75) is 51.2 Å². The molecular weight excluding hydrogens is 340 g/mol. The van der Waals surface area contributed by atoms with Crippen LogP contribution in [0.1, 0.15) is 38.7 Å². The van der Waals surface area contributed by atoms with Crippen LogP contribution in [0.15, 0.2) is 30.3 Å². The highest BCUT2D eigenvalue weighted by Gasteiger charge is 2.33. The van der Waals surface area contributed by atoms with Gasteiger partial charge in [-0.25, -0.2) is 0 Å². The van der Waals surface area contributed by atoms with Crippen LogP contribution in [0.4, 0.5) is 0 Å². The van der Waals surface area contributed by atoms with Crippen molar-refractivity contribution < 1.29 is 9.59 Å². The van der Waals surface area contributed by atoms with Crippen molar-refractivity contribution in [3.8, 4) is 0 Å². The Balaban J connectivity index is 1.55. The first kappa shape index (κ1) is 19.8. The number of carbonyl (C=O) groups excluding carboxylic acids is 2. The number of nitrogens with zero attached hydrogens (tertiary/aromatic N) is 2. The van der Waals surface area contributed by atoms with Crippen LogP contribution in [0.3, 0.4) is 0 Å². The minimum Gasteiger partial charge on any atom is -0.354 e. The van der Waals surface area contributed by atoms with Gasteiger partial charge in [-0.1, -0.05) is 30.3 Å². The van der Waals surface area contributed by atoms with Gasteiger partial charge in [0.2, 0.25) is 11.8 Å². The summed E-state index contributed by atoms with van der Waals surface area (Å²) in [7, 11) is 0. The molecule has 1 atom stereocenters. The van der Waals surface area contributed by atoms with E-state index < -0.39 is 6.04 Å². The zero-order chi connectivity index (χ0) is 19.3. The molecule has 2 fully saturated rings. The maximum atomic E-state index is 12.6. The van der Waals surface area contributed by atoms with Gasteiger partial charge < -0.3 is 10.6 Å². The number of hydrogen-bond acceptors (Lipinski definition) is 4. The Morgan fingerprint density at radius 2 is 1.89 bits per heavy atom. The van der Waals surface area contributed by atoms with Crippen LogP contribution < -0.4 is 10.6 Å². The van der Waals surface area contributed by atoms with E-state index in [0.717, 1.165) is 25.2 Å². The van der Waals surface area contributed by atoms with E-state index >= 15 is 0 Å². The van der Waals surface area contributed by atoms with E-state index in [2.05, 4.69) is 46.4 Å². The summed E-state index contributed by atoms with van der Waals surface area (Å²) in [5.41, 5.74) is 1.11. The van der Waals surface area contributed by atoms with Crippen molar-refractivity contribution in [3.05, 3.63) is 35.9 Å². The third kappa shape index (κ3) is 5.30. The van der Waals surface area contributed by atoms with Crippen LogP contribution in [0, 0.1) is 0 Å². The summed E-state index contributed by atoms with van der Waals surface area (Å²) in [6.07, 6.45) is 2.66. The lowest BCUT2D eigenvalue weighted by Crippen LogP contribution is -2.57. The summed E-state index contributed by atoms with van der Waals surface area (Å²) in [4.78, 5) is 29.5. The predicted octanol–water partition coefficient (Wildman–Crippen LogP) is 1.37. The molecule has 0 saturated carbocycles. The minimum atomic E-state index is -0.408. The van der Waals surface area contributed by atoms with Gasteiger partial charge in [0, 0.05) is 31.7 Å². The highest BCUT2D eigenvalue weighted by Crippen LogP contribution is 2.20. The highest BCUT2D eigenvalue weighted by molar-refractivity contribution is 5.88. The van der Waals surface area contributed by atoms with E-state index in [1.54, 1.807) is 0 Å². The molecule has 148 valence electrons. The lowest BCUT2D eigenvalue weighted by atomic mass is 10.0. The monoisotopic (exact) mass is 372 g/mol. The van der Waals surface area contributed by atoms with E-state index in [-0.39, 0.29) is 23.8 Å². The molecule has 0 radical (unpaired) electrons. The van der Waals surface area contributed by atoms with E-state index in [9.17, 15) is 9.59 Å². The first-order valence-electron chi connectivity index (χ1n) is 10.0. The SMILES string of the molecule is CC(C)(CNC(=O)CC1C(=O)NCCN1Cc1ccccc1)N1CCCC1. The van der Waals surface area contributed by atoms with E-state index in [1.165, 1.54) is 12.8 Å². The Morgan fingerprint density at radius 1 is 1.19 bits per heavy atom. The van der Waals surface area contributed by atoms with Crippen molar-refractivity contribution in [1.29, 1.82) is 0 Å². The number of rotatable bonds is 7. The van der Waals surface area contributed by atoms with Gasteiger partial charge in [0.15, 0.2) is 0 Å². The molecular formula is C21H32N4O2. The molecule has 0 bridgehead atoms. The van der Waals surface area contributed by atoms with Crippen molar-refractivity contribution in [2.24, 2.45) is 0 Å². The third-order valence-electron chi connectivity index (χ3n) is 5.73. The van der Waals surface area contributed by atoms with Crippen molar-refractivity contribution >= 4 is 11.8 Å². The topological polar surface area (TPSA) is 64.7 Å². The second kappa shape index (κ2) is 8.85. The van der Waals surface area contributed by atoms with E-state index in [4.69, 9.17) is 0 Å². The van der Waals surface area contributed by atoms with Crippen LogP contribution in [0.2, 0.25) is 0 Å². The molecule has 0 aliphatic carbocycles. The first-order valence-corrected chi connectivity index (χ1v) is 10.0. The summed E-state index contributed by atoms with van der Waals surface area (Å²) in [6, 6.07) is 9.70. The second-order valence-corrected chi connectivity index (χ2v) is 8.25. The Labute approximate surface area is 162 Å². The van der Waals surface area contributed by atoms with E-state index in [1.807, 2.05) is 18.2 Å². The molecule has 3 rings (SSSR count). The van der Waals surface area contributed by atoms with Gasteiger partial charge >= 0.3 is 0 Å². The standard InChI is InChI=1S/C21H32N4O2/c1-21(2,25-11-6-7-12-25)16-23-19(26)14-18-20(27)22-10-13-24(18)15-17-8-4-3-5-9-17/h3-5,8-9,18H,6-7,10-16H2,1-2H3,(H,22,27)(H,23,26). The van der Waals surface area contributed by atoms with Crippen molar-refractivity contribution in [3.63, 3.8) is 0 Å². The molecule has 2 aliphatic rings. The maximum absolute atomic E-state index is 12.6. The summed E-state index contributed by atoms with van der Waals surface area (Å²) in [5, 5.41) is 5.97. The van der Waals surface area contributed by atoms with Gasteiger partial charge in [-0.2, -0.15) is 0 Å². The Morgan fingerprint density at radius 3 is 2.59 bits per heavy atom. The molecule has 2 amide bonds. The molecule has 6 heteroatoms. The predicted molar refractivity (Wildman–Crippen MR) is 106 cm³/mol. The van der Waals surface area contributed by atoms with Crippen LogP contribution in [0.5, 0.6) is 0 Å². The van der Waals surface area contributed by atoms with Crippen LogP contribution in [0.25, 0.3) is 0 Å². The lowest BCUT2D eigenvalue weighted by molar-refractivity contribution is -0.134. The van der Waals surface area contributed by atoms with E-state index in [0.29, 0.717) is 19.6 Å². The van der Waals surface area contributed by atoms with Gasteiger partial charge in [0.05, 0.1) is 12.5 Å². The molecule has 2 saturated heterocycles. The number of likely N-dealkylation sites (tertiary alicyclic amines) is 1. The molecule has 2 aliphatic heterocycles. The molecule has 1 aromatic carbocycles. The summed E-state index contributed by atoms with van der Waals surface area (Å²) >= 11 is 0. The molecule has 2 N–H and O–H groups in total. The fourth-order valence-corrected chi connectivity index (χ4v) is 3.99. The normalized spacial score (nSPS) is 21.9. The molecule has 2 heterocycles. The summed E-state index contributed by atoms with van der Waals surface area (Å²) in [5.74, 6) is -0.103. The molecule has 1 aromatic rings. The molecule has 27 heavy (non-hydrogen) atoms. The third-order valence-corrected chi connectivity index (χ3v) is 5.73.